The normalized spacial score (nSPS) is 50.7. The lowest BCUT2D eigenvalue weighted by Crippen LogP contribution is -2.53. The minimum absolute atomic E-state index is 0.0967. The van der Waals surface area contributed by atoms with Crippen molar-refractivity contribution in [1.29, 1.82) is 0 Å². The molecule has 0 N–H and O–H groups in total. The number of ether oxygens (including phenoxy) is 1. The number of hydrogen-bond donors (Lipinski definition) is 0. The van der Waals surface area contributed by atoms with Gasteiger partial charge in [-0.25, -0.2) is 0 Å². The highest BCUT2D eigenvalue weighted by atomic mass is 16.5. The minimum atomic E-state index is -0.0967. The molecule has 2 nitrogen and oxygen atoms in total. The van der Waals surface area contributed by atoms with Crippen LogP contribution in [0.1, 0.15) is 85.5 Å². The molecule has 0 heterocycles. The van der Waals surface area contributed by atoms with Gasteiger partial charge in [0.25, 0.3) is 0 Å². The lowest BCUT2D eigenvalue weighted by atomic mass is 9.45. The molecule has 0 bridgehead atoms. The van der Waals surface area contributed by atoms with Crippen molar-refractivity contribution >= 4 is 5.97 Å². The van der Waals surface area contributed by atoms with E-state index in [4.69, 9.17) is 4.74 Å². The van der Waals surface area contributed by atoms with Crippen molar-refractivity contribution in [3.05, 3.63) is 11.6 Å². The fourth-order valence-electron chi connectivity index (χ4n) is 7.88. The molecule has 0 spiro atoms. The highest BCUT2D eigenvalue weighted by molar-refractivity contribution is 5.66. The summed E-state index contributed by atoms with van der Waals surface area (Å²) in [5.41, 5.74) is 2.73. The van der Waals surface area contributed by atoms with E-state index in [1.807, 2.05) is 0 Å². The third kappa shape index (κ3) is 2.61. The van der Waals surface area contributed by atoms with E-state index in [2.05, 4.69) is 26.8 Å². The van der Waals surface area contributed by atoms with Crippen molar-refractivity contribution in [3.63, 3.8) is 0 Å². The zero-order valence-electron chi connectivity index (χ0n) is 16.6. The SMILES string of the molecule is C/C=C1/CC[C@@H]2[C@H]3CC[C@H]4C[C@@H](OC(C)=O)CC[C@@]4(C)[C@@H]3CC[C@@]12C. The van der Waals surface area contributed by atoms with E-state index >= 15 is 0 Å². The van der Waals surface area contributed by atoms with E-state index in [1.165, 1.54) is 44.9 Å². The number of hydrogen-bond acceptors (Lipinski definition) is 2. The molecule has 4 fully saturated rings. The molecule has 25 heavy (non-hydrogen) atoms. The summed E-state index contributed by atoms with van der Waals surface area (Å²) in [5, 5.41) is 0. The molecular weight excluding hydrogens is 308 g/mol. The molecule has 4 saturated carbocycles. The van der Waals surface area contributed by atoms with Crippen LogP contribution >= 0.6 is 0 Å². The smallest absolute Gasteiger partial charge is 0.302 e. The van der Waals surface area contributed by atoms with Crippen LogP contribution in [-0.4, -0.2) is 12.1 Å². The molecule has 0 aromatic carbocycles. The summed E-state index contributed by atoms with van der Waals surface area (Å²) in [6.45, 7) is 8.98. The maximum atomic E-state index is 11.4. The Hall–Kier alpha value is -0.790. The average molecular weight is 345 g/mol. The zero-order chi connectivity index (χ0) is 17.8. The van der Waals surface area contributed by atoms with Crippen LogP contribution in [-0.2, 0) is 9.53 Å². The van der Waals surface area contributed by atoms with E-state index < -0.39 is 0 Å². The minimum Gasteiger partial charge on any atom is -0.463 e. The molecule has 7 atom stereocenters. The highest BCUT2D eigenvalue weighted by Crippen LogP contribution is 2.67. The Kier molecular flexibility index (Phi) is 4.32. The first kappa shape index (κ1) is 17.6. The summed E-state index contributed by atoms with van der Waals surface area (Å²) in [4.78, 5) is 11.4. The standard InChI is InChI=1S/C23H36O2/c1-5-16-7-9-20-19-8-6-17-14-18(25-15(2)24)10-12-23(17,4)21(19)11-13-22(16,20)3/h5,17-21H,6-14H2,1-4H3/b16-5-/t17-,18-,19+,20+,21+,22-,23+/m0/s1. The second-order valence-corrected chi connectivity index (χ2v) is 9.97. The van der Waals surface area contributed by atoms with E-state index in [0.717, 1.165) is 36.5 Å². The fourth-order valence-corrected chi connectivity index (χ4v) is 7.88. The van der Waals surface area contributed by atoms with Crippen LogP contribution in [0.15, 0.2) is 11.6 Å². The fraction of sp³-hybridized carbons (Fsp3) is 0.870. The summed E-state index contributed by atoms with van der Waals surface area (Å²) >= 11 is 0. The predicted molar refractivity (Wildman–Crippen MR) is 101 cm³/mol. The van der Waals surface area contributed by atoms with Crippen LogP contribution in [0.5, 0.6) is 0 Å². The summed E-state index contributed by atoms with van der Waals surface area (Å²) < 4.78 is 5.59. The molecule has 4 rings (SSSR count). The molecule has 4 aliphatic carbocycles. The van der Waals surface area contributed by atoms with Crippen molar-refractivity contribution in [1.82, 2.24) is 0 Å². The first-order valence-corrected chi connectivity index (χ1v) is 10.7. The summed E-state index contributed by atoms with van der Waals surface area (Å²) in [6, 6.07) is 0. The first-order chi connectivity index (χ1) is 11.9. The number of carbonyl (C=O) groups excluding carboxylic acids is 1. The molecule has 0 radical (unpaired) electrons. The van der Waals surface area contributed by atoms with Gasteiger partial charge >= 0.3 is 5.97 Å². The van der Waals surface area contributed by atoms with Gasteiger partial charge in [-0.3, -0.25) is 4.79 Å². The number of esters is 1. The van der Waals surface area contributed by atoms with Crippen LogP contribution in [0.25, 0.3) is 0 Å². The molecular formula is C23H36O2. The quantitative estimate of drug-likeness (QED) is 0.437. The Balaban J connectivity index is 1.55. The zero-order valence-corrected chi connectivity index (χ0v) is 16.6. The number of rotatable bonds is 1. The van der Waals surface area contributed by atoms with Gasteiger partial charge in [0.2, 0.25) is 0 Å². The van der Waals surface area contributed by atoms with Crippen molar-refractivity contribution < 1.29 is 9.53 Å². The summed E-state index contributed by atoms with van der Waals surface area (Å²) in [5.74, 6) is 3.42. The van der Waals surface area contributed by atoms with Crippen LogP contribution in [0.2, 0.25) is 0 Å². The number of allylic oxidation sites excluding steroid dienone is 2. The maximum Gasteiger partial charge on any atom is 0.302 e. The van der Waals surface area contributed by atoms with Crippen molar-refractivity contribution in [2.24, 2.45) is 34.5 Å². The van der Waals surface area contributed by atoms with Gasteiger partial charge in [0.1, 0.15) is 6.10 Å². The third-order valence-electron chi connectivity index (χ3n) is 9.15. The Morgan fingerprint density at radius 2 is 1.88 bits per heavy atom. The highest BCUT2D eigenvalue weighted by Gasteiger charge is 2.59. The first-order valence-electron chi connectivity index (χ1n) is 10.7. The Morgan fingerprint density at radius 1 is 1.08 bits per heavy atom. The van der Waals surface area contributed by atoms with Gasteiger partial charge in [0.15, 0.2) is 0 Å². The Morgan fingerprint density at radius 3 is 2.60 bits per heavy atom. The van der Waals surface area contributed by atoms with Gasteiger partial charge in [-0.2, -0.15) is 0 Å². The van der Waals surface area contributed by atoms with Crippen molar-refractivity contribution in [2.75, 3.05) is 0 Å². The van der Waals surface area contributed by atoms with Crippen molar-refractivity contribution in [3.8, 4) is 0 Å². The largest absolute Gasteiger partial charge is 0.463 e. The maximum absolute atomic E-state index is 11.4. The predicted octanol–water partition coefficient (Wildman–Crippen LogP) is 5.91. The lowest BCUT2D eigenvalue weighted by molar-refractivity contribution is -0.158. The molecule has 0 saturated heterocycles. The monoisotopic (exact) mass is 344 g/mol. The molecule has 0 aromatic heterocycles. The van der Waals surface area contributed by atoms with Crippen LogP contribution in [0.4, 0.5) is 0 Å². The van der Waals surface area contributed by atoms with Gasteiger partial charge in [0.05, 0.1) is 0 Å². The van der Waals surface area contributed by atoms with Crippen LogP contribution in [0, 0.1) is 34.5 Å². The van der Waals surface area contributed by atoms with Gasteiger partial charge in [-0.1, -0.05) is 25.5 Å². The van der Waals surface area contributed by atoms with Gasteiger partial charge in [0, 0.05) is 6.92 Å². The van der Waals surface area contributed by atoms with Gasteiger partial charge in [-0.15, -0.1) is 0 Å². The second kappa shape index (κ2) is 6.13. The van der Waals surface area contributed by atoms with Gasteiger partial charge in [-0.05, 0) is 99.2 Å². The van der Waals surface area contributed by atoms with Gasteiger partial charge < -0.3 is 4.74 Å². The molecule has 2 heteroatoms. The third-order valence-corrected chi connectivity index (χ3v) is 9.15. The average Bonchev–Trinajstić information content (AvgIpc) is 2.91. The topological polar surface area (TPSA) is 26.3 Å². The Bertz CT molecular complexity index is 579. The summed E-state index contributed by atoms with van der Waals surface area (Å²) in [7, 11) is 0. The van der Waals surface area contributed by atoms with Crippen LogP contribution in [0.3, 0.4) is 0 Å². The molecule has 4 aliphatic rings. The molecule has 0 amide bonds. The van der Waals surface area contributed by atoms with Crippen LogP contribution < -0.4 is 0 Å². The number of fused-ring (bicyclic) bond motifs is 5. The molecule has 0 aromatic rings. The van der Waals surface area contributed by atoms with E-state index in [1.54, 1.807) is 12.5 Å². The van der Waals surface area contributed by atoms with E-state index in [0.29, 0.717) is 10.8 Å². The number of carbonyl (C=O) groups is 1. The molecule has 0 unspecified atom stereocenters. The second-order valence-electron chi connectivity index (χ2n) is 9.97. The molecule has 0 aliphatic heterocycles. The Labute approximate surface area is 153 Å². The van der Waals surface area contributed by atoms with E-state index in [-0.39, 0.29) is 12.1 Å². The van der Waals surface area contributed by atoms with E-state index in [9.17, 15) is 4.79 Å². The summed E-state index contributed by atoms with van der Waals surface area (Å²) in [6.07, 6.45) is 14.4. The lowest BCUT2D eigenvalue weighted by Gasteiger charge is -2.60. The molecule has 140 valence electrons. The van der Waals surface area contributed by atoms with Crippen molar-refractivity contribution in [2.45, 2.75) is 91.6 Å².